The van der Waals surface area contributed by atoms with E-state index in [2.05, 4.69) is 28.4 Å². The van der Waals surface area contributed by atoms with Crippen LogP contribution in [0.25, 0.3) is 21.9 Å². The monoisotopic (exact) mass is 469 g/mol. The van der Waals surface area contributed by atoms with Gasteiger partial charge in [-0.3, -0.25) is 9.48 Å². The molecule has 1 aliphatic rings. The molecule has 0 aliphatic carbocycles. The highest BCUT2D eigenvalue weighted by atomic mass is 16.5. The van der Waals surface area contributed by atoms with E-state index in [-0.39, 0.29) is 18.0 Å². The number of carbonyl (C=O) groups excluding carboxylic acids is 1. The Bertz CT molecular complexity index is 1520. The van der Waals surface area contributed by atoms with Gasteiger partial charge in [0.15, 0.2) is 0 Å². The third-order valence-corrected chi connectivity index (χ3v) is 6.63. The SMILES string of the molecule is C=CC(=O)N1C[C@@H](n2nc(C#Cc3ccc4nc(C)n(C)c4c3)c3c(N)nccc32)C[C@@H]1COC. The highest BCUT2D eigenvalue weighted by molar-refractivity contribution is 5.93. The lowest BCUT2D eigenvalue weighted by Crippen LogP contribution is -2.37. The number of methoxy groups -OCH3 is 1. The summed E-state index contributed by atoms with van der Waals surface area (Å²) in [5.41, 5.74) is 10.5. The van der Waals surface area contributed by atoms with Gasteiger partial charge in [-0.2, -0.15) is 5.10 Å². The largest absolute Gasteiger partial charge is 0.383 e. The van der Waals surface area contributed by atoms with Crippen LogP contribution >= 0.6 is 0 Å². The van der Waals surface area contributed by atoms with Gasteiger partial charge in [-0.05, 0) is 49.6 Å². The average Bonchev–Trinajstić information content (AvgIpc) is 3.52. The van der Waals surface area contributed by atoms with Crippen molar-refractivity contribution in [3.05, 3.63) is 60.2 Å². The van der Waals surface area contributed by atoms with Gasteiger partial charge in [-0.15, -0.1) is 0 Å². The molecular weight excluding hydrogens is 442 g/mol. The van der Waals surface area contributed by atoms with Crippen LogP contribution < -0.4 is 5.73 Å². The molecule has 1 fully saturated rings. The molecule has 2 N–H and O–H groups in total. The zero-order chi connectivity index (χ0) is 24.7. The number of benzene rings is 1. The van der Waals surface area contributed by atoms with Crippen molar-refractivity contribution in [3.63, 3.8) is 0 Å². The van der Waals surface area contributed by atoms with E-state index in [1.807, 2.05) is 47.5 Å². The fourth-order valence-corrected chi connectivity index (χ4v) is 4.80. The Morgan fingerprint density at radius 2 is 2.14 bits per heavy atom. The average molecular weight is 470 g/mol. The Labute approximate surface area is 203 Å². The van der Waals surface area contributed by atoms with Gasteiger partial charge in [-0.1, -0.05) is 12.5 Å². The van der Waals surface area contributed by atoms with Crippen LogP contribution in [0.2, 0.25) is 0 Å². The summed E-state index contributed by atoms with van der Waals surface area (Å²) in [5, 5.41) is 5.56. The third kappa shape index (κ3) is 3.92. The maximum atomic E-state index is 12.4. The standard InChI is InChI=1S/C26H27N7O2/c1-5-24(34)32-14-18(13-19(32)15-35-4)33-22-10-11-28-26(27)25(22)21(30-33)9-7-17-6-8-20-23(12-17)31(3)16(2)29-20/h5-6,8,10-12,18-19H,1,13-15H2,2-4H3,(H2,27,28)/t18-,19+/m0/s1. The number of nitrogens with two attached hydrogens (primary N) is 1. The van der Waals surface area contributed by atoms with Crippen molar-refractivity contribution in [2.45, 2.75) is 25.4 Å². The minimum Gasteiger partial charge on any atom is -0.383 e. The lowest BCUT2D eigenvalue weighted by atomic mass is 10.1. The highest BCUT2D eigenvalue weighted by Crippen LogP contribution is 2.32. The van der Waals surface area contributed by atoms with E-state index < -0.39 is 0 Å². The summed E-state index contributed by atoms with van der Waals surface area (Å²) in [6.07, 6.45) is 3.71. The Morgan fingerprint density at radius 1 is 1.31 bits per heavy atom. The number of nitrogen functional groups attached to an aromatic ring is 1. The van der Waals surface area contributed by atoms with Crippen LogP contribution in [0.1, 0.15) is 29.5 Å². The van der Waals surface area contributed by atoms with E-state index in [1.54, 1.807) is 18.2 Å². The van der Waals surface area contributed by atoms with E-state index in [4.69, 9.17) is 15.6 Å². The fraction of sp³-hybridized carbons (Fsp3) is 0.308. The van der Waals surface area contributed by atoms with Crippen LogP contribution in [-0.2, 0) is 16.6 Å². The molecule has 1 amide bonds. The summed E-state index contributed by atoms with van der Waals surface area (Å²) in [7, 11) is 3.62. The van der Waals surface area contributed by atoms with Crippen molar-refractivity contribution in [2.24, 2.45) is 7.05 Å². The Morgan fingerprint density at radius 3 is 2.91 bits per heavy atom. The van der Waals surface area contributed by atoms with E-state index in [0.29, 0.717) is 36.5 Å². The quantitative estimate of drug-likeness (QED) is 0.364. The maximum absolute atomic E-state index is 12.4. The number of carbonyl (C=O) groups is 1. The summed E-state index contributed by atoms with van der Waals surface area (Å²) >= 11 is 0. The summed E-state index contributed by atoms with van der Waals surface area (Å²) < 4.78 is 9.32. The number of nitrogens with zero attached hydrogens (tertiary/aromatic N) is 6. The van der Waals surface area contributed by atoms with E-state index >= 15 is 0 Å². The Hall–Kier alpha value is -4.16. The number of fused-ring (bicyclic) bond motifs is 2. The van der Waals surface area contributed by atoms with Crippen LogP contribution in [0.15, 0.2) is 43.1 Å². The van der Waals surface area contributed by atoms with Gasteiger partial charge in [0.2, 0.25) is 5.91 Å². The number of pyridine rings is 1. The molecule has 5 rings (SSSR count). The van der Waals surface area contributed by atoms with Crippen molar-refractivity contribution in [1.82, 2.24) is 29.2 Å². The molecule has 2 atom stereocenters. The summed E-state index contributed by atoms with van der Waals surface area (Å²) in [6.45, 7) is 6.56. The van der Waals surface area contributed by atoms with Crippen LogP contribution in [-0.4, -0.2) is 61.4 Å². The number of amides is 1. The molecule has 4 aromatic rings. The van der Waals surface area contributed by atoms with Crippen molar-refractivity contribution in [2.75, 3.05) is 26.0 Å². The number of anilines is 1. The lowest BCUT2D eigenvalue weighted by Gasteiger charge is -2.22. The summed E-state index contributed by atoms with van der Waals surface area (Å²) in [6, 6.07) is 7.73. The predicted octanol–water partition coefficient (Wildman–Crippen LogP) is 2.58. The molecule has 0 spiro atoms. The van der Waals surface area contributed by atoms with Crippen LogP contribution in [0, 0.1) is 18.8 Å². The number of rotatable bonds is 4. The molecule has 3 aromatic heterocycles. The second kappa shape index (κ2) is 8.89. The predicted molar refractivity (Wildman–Crippen MR) is 135 cm³/mol. The second-order valence-corrected chi connectivity index (χ2v) is 8.75. The van der Waals surface area contributed by atoms with Gasteiger partial charge in [0.05, 0.1) is 40.6 Å². The topological polar surface area (TPSA) is 104 Å². The summed E-state index contributed by atoms with van der Waals surface area (Å²) in [5.74, 6) is 7.64. The molecule has 9 nitrogen and oxygen atoms in total. The molecule has 4 heterocycles. The molecule has 1 saturated heterocycles. The van der Waals surface area contributed by atoms with E-state index in [9.17, 15) is 4.79 Å². The number of aryl methyl sites for hydroxylation is 2. The lowest BCUT2D eigenvalue weighted by molar-refractivity contribution is -0.127. The van der Waals surface area contributed by atoms with Crippen molar-refractivity contribution >= 4 is 33.7 Å². The third-order valence-electron chi connectivity index (χ3n) is 6.63. The number of aromatic nitrogens is 5. The molecule has 0 radical (unpaired) electrons. The minimum absolute atomic E-state index is 0.0485. The molecule has 0 unspecified atom stereocenters. The van der Waals surface area contributed by atoms with Crippen molar-refractivity contribution in [1.29, 1.82) is 0 Å². The number of hydrogen-bond donors (Lipinski definition) is 1. The fourth-order valence-electron chi connectivity index (χ4n) is 4.80. The zero-order valence-electron chi connectivity index (χ0n) is 20.0. The second-order valence-electron chi connectivity index (χ2n) is 8.75. The molecule has 1 aliphatic heterocycles. The zero-order valence-corrected chi connectivity index (χ0v) is 20.0. The molecular formula is C26H27N7O2. The number of imidazole rings is 1. The first-order valence-corrected chi connectivity index (χ1v) is 11.4. The van der Waals surface area contributed by atoms with Gasteiger partial charge < -0.3 is 19.9 Å². The van der Waals surface area contributed by atoms with Gasteiger partial charge in [-0.25, -0.2) is 9.97 Å². The smallest absolute Gasteiger partial charge is 0.246 e. The highest BCUT2D eigenvalue weighted by Gasteiger charge is 2.36. The first-order valence-electron chi connectivity index (χ1n) is 11.4. The molecule has 35 heavy (non-hydrogen) atoms. The van der Waals surface area contributed by atoms with Crippen LogP contribution in [0.4, 0.5) is 5.82 Å². The van der Waals surface area contributed by atoms with Gasteiger partial charge in [0.25, 0.3) is 0 Å². The first-order chi connectivity index (χ1) is 16.9. The maximum Gasteiger partial charge on any atom is 0.246 e. The molecule has 0 bridgehead atoms. The summed E-state index contributed by atoms with van der Waals surface area (Å²) in [4.78, 5) is 23.0. The van der Waals surface area contributed by atoms with Gasteiger partial charge in [0.1, 0.15) is 17.3 Å². The normalized spacial score (nSPS) is 17.6. The van der Waals surface area contributed by atoms with Gasteiger partial charge in [0, 0.05) is 32.5 Å². The minimum atomic E-state index is -0.118. The number of hydrogen-bond acceptors (Lipinski definition) is 6. The van der Waals surface area contributed by atoms with Crippen LogP contribution in [0.3, 0.4) is 0 Å². The van der Waals surface area contributed by atoms with Crippen molar-refractivity contribution < 1.29 is 9.53 Å². The van der Waals surface area contributed by atoms with E-state index in [0.717, 1.165) is 27.9 Å². The first kappa shape index (κ1) is 22.6. The van der Waals surface area contributed by atoms with Crippen LogP contribution in [0.5, 0.6) is 0 Å². The Kier molecular flexibility index (Phi) is 5.75. The van der Waals surface area contributed by atoms with E-state index in [1.165, 1.54) is 6.08 Å². The molecule has 0 saturated carbocycles. The van der Waals surface area contributed by atoms with Gasteiger partial charge >= 0.3 is 0 Å². The Balaban J connectivity index is 1.55. The molecule has 178 valence electrons. The number of ether oxygens (including phenoxy) is 1. The molecule has 9 heteroatoms. The number of likely N-dealkylation sites (tertiary alicyclic amines) is 1. The molecule has 1 aromatic carbocycles. The van der Waals surface area contributed by atoms with Crippen molar-refractivity contribution in [3.8, 4) is 11.8 Å².